The van der Waals surface area contributed by atoms with Crippen LogP contribution in [0.2, 0.25) is 0 Å². The number of ether oxygens (including phenoxy) is 2. The van der Waals surface area contributed by atoms with Crippen LogP contribution in [0.4, 0.5) is 0 Å². The molecule has 6 heteroatoms. The first-order valence-corrected chi connectivity index (χ1v) is 9.55. The zero-order valence-corrected chi connectivity index (χ0v) is 15.3. The van der Waals surface area contributed by atoms with Crippen molar-refractivity contribution in [2.24, 2.45) is 5.41 Å². The Morgan fingerprint density at radius 3 is 2.73 bits per heavy atom. The van der Waals surface area contributed by atoms with Crippen LogP contribution in [0.25, 0.3) is 0 Å². The average Bonchev–Trinajstić information content (AvgIpc) is 3.05. The highest BCUT2D eigenvalue weighted by Gasteiger charge is 2.60. The summed E-state index contributed by atoms with van der Waals surface area (Å²) in [5.41, 5.74) is 0.377. The zero-order valence-electron chi connectivity index (χ0n) is 13.2. The molecule has 3 aliphatic rings. The second kappa shape index (κ2) is 6.11. The molecule has 3 heterocycles. The molecule has 0 spiro atoms. The maximum absolute atomic E-state index is 12.7. The van der Waals surface area contributed by atoms with Gasteiger partial charge in [0.1, 0.15) is 6.10 Å². The van der Waals surface area contributed by atoms with Crippen LogP contribution in [-0.2, 0) is 20.8 Å². The fourth-order valence-corrected chi connectivity index (χ4v) is 4.66. The lowest BCUT2D eigenvalue weighted by molar-refractivity contribution is -0.235. The number of esters is 1. The molecule has 1 atom stereocenters. The number of hydrogen-bond donors (Lipinski definition) is 0. The van der Waals surface area contributed by atoms with E-state index in [1.54, 1.807) is 0 Å². The highest BCUT2D eigenvalue weighted by Crippen LogP contribution is 2.59. The van der Waals surface area contributed by atoms with Gasteiger partial charge in [-0.2, -0.15) is 5.10 Å². The first-order chi connectivity index (χ1) is 10.6. The van der Waals surface area contributed by atoms with Gasteiger partial charge in [0.05, 0.1) is 23.8 Å². The van der Waals surface area contributed by atoms with E-state index in [4.69, 9.17) is 9.47 Å². The summed E-state index contributed by atoms with van der Waals surface area (Å²) in [5.74, 6) is -0.106. The van der Waals surface area contributed by atoms with E-state index in [0.29, 0.717) is 6.61 Å². The van der Waals surface area contributed by atoms with E-state index in [1.165, 1.54) is 0 Å². The molecule has 2 bridgehead atoms. The molecular formula is C16H23IN2O3. The van der Waals surface area contributed by atoms with Gasteiger partial charge in [-0.15, -0.1) is 0 Å². The molecule has 5 nitrogen and oxygen atoms in total. The van der Waals surface area contributed by atoms with E-state index in [1.807, 2.05) is 24.0 Å². The molecule has 0 amide bonds. The van der Waals surface area contributed by atoms with Gasteiger partial charge in [-0.1, -0.05) is 22.6 Å². The van der Waals surface area contributed by atoms with Crippen LogP contribution in [0.1, 0.15) is 51.2 Å². The van der Waals surface area contributed by atoms with Crippen molar-refractivity contribution in [1.82, 2.24) is 9.78 Å². The SMILES string of the molecule is CCOC(=O)C12CCC(CI)(CC1)OC2c1cnn(CC)c1. The Hall–Kier alpha value is -0.630. The Balaban J connectivity index is 1.97. The molecule has 0 N–H and O–H groups in total. The van der Waals surface area contributed by atoms with Crippen molar-refractivity contribution in [1.29, 1.82) is 0 Å². The Labute approximate surface area is 144 Å². The molecule has 22 heavy (non-hydrogen) atoms. The molecular weight excluding hydrogens is 395 g/mol. The van der Waals surface area contributed by atoms with Crippen LogP contribution in [0.3, 0.4) is 0 Å². The van der Waals surface area contributed by atoms with Crippen molar-refractivity contribution in [3.05, 3.63) is 18.0 Å². The van der Waals surface area contributed by atoms with Crippen molar-refractivity contribution >= 4 is 28.6 Å². The highest BCUT2D eigenvalue weighted by molar-refractivity contribution is 14.1. The lowest BCUT2D eigenvalue weighted by atomic mass is 9.61. The molecule has 4 rings (SSSR count). The van der Waals surface area contributed by atoms with Crippen molar-refractivity contribution < 1.29 is 14.3 Å². The molecule has 2 aliphatic heterocycles. The van der Waals surface area contributed by atoms with E-state index in [0.717, 1.165) is 42.2 Å². The van der Waals surface area contributed by atoms with E-state index in [2.05, 4.69) is 34.6 Å². The number of nitrogens with zero attached hydrogens (tertiary/aromatic N) is 2. The molecule has 1 saturated carbocycles. The van der Waals surface area contributed by atoms with Gasteiger partial charge in [-0.25, -0.2) is 0 Å². The van der Waals surface area contributed by atoms with Crippen molar-refractivity contribution in [3.8, 4) is 0 Å². The normalized spacial score (nSPS) is 33.9. The molecule has 1 unspecified atom stereocenters. The Morgan fingerprint density at radius 1 is 1.45 bits per heavy atom. The predicted octanol–water partition coefficient (Wildman–Crippen LogP) is 3.27. The van der Waals surface area contributed by atoms with Gasteiger partial charge >= 0.3 is 5.97 Å². The van der Waals surface area contributed by atoms with Crippen LogP contribution in [0, 0.1) is 5.41 Å². The second-order valence-electron chi connectivity index (χ2n) is 6.32. The molecule has 0 aromatic carbocycles. The summed E-state index contributed by atoms with van der Waals surface area (Å²) >= 11 is 2.40. The Bertz CT molecular complexity index is 549. The first-order valence-electron chi connectivity index (χ1n) is 8.02. The summed E-state index contributed by atoms with van der Waals surface area (Å²) in [6.07, 6.45) is 7.18. The number of halogens is 1. The number of fused-ring (bicyclic) bond motifs is 3. The van der Waals surface area contributed by atoms with Gasteiger partial charge in [-0.05, 0) is 39.5 Å². The highest BCUT2D eigenvalue weighted by atomic mass is 127. The van der Waals surface area contributed by atoms with E-state index in [9.17, 15) is 4.79 Å². The summed E-state index contributed by atoms with van der Waals surface area (Å²) in [5, 5.41) is 4.36. The summed E-state index contributed by atoms with van der Waals surface area (Å²) in [7, 11) is 0. The third kappa shape index (κ3) is 2.48. The van der Waals surface area contributed by atoms with Crippen LogP contribution < -0.4 is 0 Å². The molecule has 0 radical (unpaired) electrons. The minimum atomic E-state index is -0.537. The average molecular weight is 418 g/mol. The number of alkyl halides is 1. The third-order valence-corrected chi connectivity index (χ3v) is 6.52. The van der Waals surface area contributed by atoms with Gasteiger partial charge in [0.25, 0.3) is 0 Å². The number of carbonyl (C=O) groups is 1. The van der Waals surface area contributed by atoms with Crippen LogP contribution in [-0.4, -0.2) is 32.4 Å². The molecule has 122 valence electrons. The smallest absolute Gasteiger partial charge is 0.315 e. The summed E-state index contributed by atoms with van der Waals surface area (Å²) in [4.78, 5) is 12.7. The Morgan fingerprint density at radius 2 is 2.18 bits per heavy atom. The number of aryl methyl sites for hydroxylation is 1. The molecule has 2 saturated heterocycles. The number of rotatable bonds is 5. The fourth-order valence-electron chi connectivity index (χ4n) is 3.72. The van der Waals surface area contributed by atoms with Crippen molar-refractivity contribution in [3.63, 3.8) is 0 Å². The van der Waals surface area contributed by atoms with Gasteiger partial charge in [-0.3, -0.25) is 9.48 Å². The van der Waals surface area contributed by atoms with Crippen LogP contribution in [0.5, 0.6) is 0 Å². The minimum absolute atomic E-state index is 0.0895. The largest absolute Gasteiger partial charge is 0.465 e. The molecule has 1 aliphatic carbocycles. The van der Waals surface area contributed by atoms with Gasteiger partial charge in [0, 0.05) is 22.7 Å². The van der Waals surface area contributed by atoms with E-state index < -0.39 is 5.41 Å². The van der Waals surface area contributed by atoms with Gasteiger partial charge < -0.3 is 9.47 Å². The summed E-state index contributed by atoms with van der Waals surface area (Å²) in [6, 6.07) is 0. The van der Waals surface area contributed by atoms with E-state index >= 15 is 0 Å². The predicted molar refractivity (Wildman–Crippen MR) is 90.9 cm³/mol. The number of aromatic nitrogens is 2. The van der Waals surface area contributed by atoms with Crippen molar-refractivity contribution in [2.45, 2.75) is 57.8 Å². The lowest BCUT2D eigenvalue weighted by Gasteiger charge is -2.55. The number of hydrogen-bond acceptors (Lipinski definition) is 4. The zero-order chi connectivity index (χ0) is 15.8. The monoisotopic (exact) mass is 418 g/mol. The summed E-state index contributed by atoms with van der Waals surface area (Å²) in [6.45, 7) is 5.15. The van der Waals surface area contributed by atoms with Gasteiger partial charge in [0.2, 0.25) is 0 Å². The fraction of sp³-hybridized carbons (Fsp3) is 0.750. The minimum Gasteiger partial charge on any atom is -0.465 e. The van der Waals surface area contributed by atoms with E-state index in [-0.39, 0.29) is 17.7 Å². The maximum Gasteiger partial charge on any atom is 0.315 e. The lowest BCUT2D eigenvalue weighted by Crippen LogP contribution is -2.57. The third-order valence-electron chi connectivity index (χ3n) is 5.13. The second-order valence-corrected chi connectivity index (χ2v) is 7.08. The quantitative estimate of drug-likeness (QED) is 0.419. The maximum atomic E-state index is 12.7. The van der Waals surface area contributed by atoms with Crippen LogP contribution in [0.15, 0.2) is 12.4 Å². The molecule has 3 fully saturated rings. The number of carbonyl (C=O) groups excluding carboxylic acids is 1. The standard InChI is InChI=1S/C16H23IN2O3/c1-3-19-10-12(9-18-19)13-16(14(20)21-4-2)7-5-15(11-17,22-13)6-8-16/h9-10,13H,3-8,11H2,1-2H3. The summed E-state index contributed by atoms with van der Waals surface area (Å²) < 4.78 is 14.7. The van der Waals surface area contributed by atoms with Gasteiger partial charge in [0.15, 0.2) is 0 Å². The Kier molecular flexibility index (Phi) is 4.51. The first kappa shape index (κ1) is 16.2. The molecule has 1 aromatic heterocycles. The van der Waals surface area contributed by atoms with Crippen LogP contribution >= 0.6 is 22.6 Å². The molecule has 1 aromatic rings. The topological polar surface area (TPSA) is 53.4 Å². The van der Waals surface area contributed by atoms with Crippen molar-refractivity contribution in [2.75, 3.05) is 11.0 Å².